The van der Waals surface area contributed by atoms with E-state index < -0.39 is 18.3 Å². The van der Waals surface area contributed by atoms with Crippen molar-refractivity contribution >= 4 is 0 Å². The highest BCUT2D eigenvalue weighted by Crippen LogP contribution is 2.35. The Morgan fingerprint density at radius 3 is 2.58 bits per heavy atom. The largest absolute Gasteiger partial charge is 0.401 e. The maximum Gasteiger partial charge on any atom is 0.401 e. The van der Waals surface area contributed by atoms with Crippen molar-refractivity contribution < 1.29 is 13.2 Å². The molecular weight excluding hydrogens is 255 g/mol. The SMILES string of the molecule is CC(C)N(CCC1CCCC1(N)C#N)CC(F)(F)F. The van der Waals surface area contributed by atoms with Gasteiger partial charge in [-0.2, -0.15) is 18.4 Å². The van der Waals surface area contributed by atoms with Crippen LogP contribution in [-0.4, -0.2) is 35.7 Å². The number of hydrogen-bond donors (Lipinski definition) is 1. The van der Waals surface area contributed by atoms with Crippen LogP contribution in [0.4, 0.5) is 13.2 Å². The molecule has 0 aromatic heterocycles. The van der Waals surface area contributed by atoms with Crippen molar-refractivity contribution in [1.82, 2.24) is 4.90 Å². The predicted octanol–water partition coefficient (Wildman–Crippen LogP) is 2.67. The number of hydrogen-bond acceptors (Lipinski definition) is 3. The van der Waals surface area contributed by atoms with Crippen LogP contribution in [0.25, 0.3) is 0 Å². The molecule has 1 rings (SSSR count). The molecule has 3 nitrogen and oxygen atoms in total. The molecule has 2 unspecified atom stereocenters. The number of rotatable bonds is 5. The second-order valence-corrected chi connectivity index (χ2v) is 5.71. The Labute approximate surface area is 112 Å². The van der Waals surface area contributed by atoms with Gasteiger partial charge in [0.15, 0.2) is 0 Å². The quantitative estimate of drug-likeness (QED) is 0.840. The van der Waals surface area contributed by atoms with Crippen LogP contribution in [0.1, 0.15) is 39.5 Å². The van der Waals surface area contributed by atoms with Gasteiger partial charge in [0.1, 0.15) is 5.54 Å². The molecule has 0 aromatic rings. The Kier molecular flexibility index (Phi) is 5.22. The van der Waals surface area contributed by atoms with Crippen molar-refractivity contribution in [3.8, 4) is 6.07 Å². The third kappa shape index (κ3) is 4.66. The van der Waals surface area contributed by atoms with Gasteiger partial charge in [-0.25, -0.2) is 0 Å². The van der Waals surface area contributed by atoms with Crippen LogP contribution in [0, 0.1) is 17.2 Å². The zero-order chi connectivity index (χ0) is 14.7. The van der Waals surface area contributed by atoms with Crippen molar-refractivity contribution in [2.75, 3.05) is 13.1 Å². The van der Waals surface area contributed by atoms with E-state index >= 15 is 0 Å². The van der Waals surface area contributed by atoms with E-state index in [2.05, 4.69) is 6.07 Å². The first-order valence-corrected chi connectivity index (χ1v) is 6.69. The molecule has 1 fully saturated rings. The molecule has 0 amide bonds. The van der Waals surface area contributed by atoms with E-state index in [0.717, 1.165) is 12.8 Å². The first kappa shape index (κ1) is 16.3. The van der Waals surface area contributed by atoms with Gasteiger partial charge in [0, 0.05) is 6.04 Å². The second-order valence-electron chi connectivity index (χ2n) is 5.71. The number of nitrogens with zero attached hydrogens (tertiary/aromatic N) is 2. The molecule has 6 heteroatoms. The van der Waals surface area contributed by atoms with E-state index in [1.807, 2.05) is 0 Å². The molecule has 1 aliphatic carbocycles. The fourth-order valence-corrected chi connectivity index (χ4v) is 2.72. The Balaban J connectivity index is 2.55. The van der Waals surface area contributed by atoms with Gasteiger partial charge in [-0.1, -0.05) is 6.42 Å². The van der Waals surface area contributed by atoms with Crippen LogP contribution in [0.3, 0.4) is 0 Å². The standard InChI is InChI=1S/C13H22F3N3/c1-10(2)19(9-13(14,15)16)7-5-11-4-3-6-12(11,18)8-17/h10-11H,3-7,9,18H2,1-2H3. The average molecular weight is 277 g/mol. The Bertz CT molecular complexity index is 335. The minimum Gasteiger partial charge on any atom is -0.313 e. The van der Waals surface area contributed by atoms with Gasteiger partial charge in [0.25, 0.3) is 0 Å². The number of nitrogens with two attached hydrogens (primary N) is 1. The van der Waals surface area contributed by atoms with Crippen molar-refractivity contribution in [2.45, 2.75) is 57.3 Å². The molecule has 0 aliphatic heterocycles. The summed E-state index contributed by atoms with van der Waals surface area (Å²) >= 11 is 0. The van der Waals surface area contributed by atoms with Gasteiger partial charge in [-0.05, 0) is 45.6 Å². The zero-order valence-corrected chi connectivity index (χ0v) is 11.5. The topological polar surface area (TPSA) is 53.0 Å². The van der Waals surface area contributed by atoms with E-state index in [0.29, 0.717) is 19.4 Å². The summed E-state index contributed by atoms with van der Waals surface area (Å²) in [6.07, 6.45) is -1.26. The lowest BCUT2D eigenvalue weighted by Crippen LogP contribution is -2.45. The van der Waals surface area contributed by atoms with Gasteiger partial charge >= 0.3 is 6.18 Å². The Morgan fingerprint density at radius 1 is 1.47 bits per heavy atom. The second kappa shape index (κ2) is 6.10. The number of halogens is 3. The van der Waals surface area contributed by atoms with Crippen LogP contribution >= 0.6 is 0 Å². The summed E-state index contributed by atoms with van der Waals surface area (Å²) in [5.41, 5.74) is 5.14. The Hall–Kier alpha value is -0.800. The van der Waals surface area contributed by atoms with Crippen LogP contribution in [0.15, 0.2) is 0 Å². The summed E-state index contributed by atoms with van der Waals surface area (Å²) in [6.45, 7) is 2.94. The van der Waals surface area contributed by atoms with Gasteiger partial charge in [-0.3, -0.25) is 4.90 Å². The fourth-order valence-electron chi connectivity index (χ4n) is 2.72. The van der Waals surface area contributed by atoms with Crippen molar-refractivity contribution in [1.29, 1.82) is 5.26 Å². The first-order chi connectivity index (χ1) is 8.68. The maximum atomic E-state index is 12.5. The van der Waals surface area contributed by atoms with Crippen LogP contribution in [-0.2, 0) is 0 Å². The molecule has 110 valence electrons. The number of alkyl halides is 3. The lowest BCUT2D eigenvalue weighted by Gasteiger charge is -2.31. The lowest BCUT2D eigenvalue weighted by molar-refractivity contribution is -0.150. The zero-order valence-electron chi connectivity index (χ0n) is 11.5. The predicted molar refractivity (Wildman–Crippen MR) is 67.3 cm³/mol. The summed E-state index contributed by atoms with van der Waals surface area (Å²) in [4.78, 5) is 1.40. The number of nitriles is 1. The van der Waals surface area contributed by atoms with Gasteiger partial charge in [0.05, 0.1) is 12.6 Å². The summed E-state index contributed by atoms with van der Waals surface area (Å²) in [7, 11) is 0. The van der Waals surface area contributed by atoms with Crippen LogP contribution in [0.2, 0.25) is 0 Å². The summed E-state index contributed by atoms with van der Waals surface area (Å²) in [6, 6.07) is 1.96. The third-order valence-electron chi connectivity index (χ3n) is 3.96. The van der Waals surface area contributed by atoms with E-state index in [9.17, 15) is 13.2 Å². The van der Waals surface area contributed by atoms with Gasteiger partial charge < -0.3 is 5.73 Å². The summed E-state index contributed by atoms with van der Waals surface area (Å²) in [5, 5.41) is 9.09. The van der Waals surface area contributed by atoms with Gasteiger partial charge in [0.2, 0.25) is 0 Å². The fraction of sp³-hybridized carbons (Fsp3) is 0.923. The van der Waals surface area contributed by atoms with E-state index in [1.165, 1.54) is 4.90 Å². The smallest absolute Gasteiger partial charge is 0.313 e. The third-order valence-corrected chi connectivity index (χ3v) is 3.96. The molecule has 1 aliphatic rings. The minimum absolute atomic E-state index is 0.00647. The van der Waals surface area contributed by atoms with Crippen molar-refractivity contribution in [2.24, 2.45) is 11.7 Å². The molecular formula is C13H22F3N3. The monoisotopic (exact) mass is 277 g/mol. The lowest BCUT2D eigenvalue weighted by atomic mass is 9.87. The van der Waals surface area contributed by atoms with E-state index in [-0.39, 0.29) is 12.0 Å². The van der Waals surface area contributed by atoms with Gasteiger partial charge in [-0.15, -0.1) is 0 Å². The summed E-state index contributed by atoms with van der Waals surface area (Å²) in [5.74, 6) is 0.00647. The molecule has 2 N–H and O–H groups in total. The summed E-state index contributed by atoms with van der Waals surface area (Å²) < 4.78 is 37.4. The maximum absolute atomic E-state index is 12.5. The van der Waals surface area contributed by atoms with E-state index in [1.54, 1.807) is 13.8 Å². The molecule has 0 aromatic carbocycles. The minimum atomic E-state index is -4.19. The normalized spacial score (nSPS) is 28.1. The van der Waals surface area contributed by atoms with Crippen LogP contribution in [0.5, 0.6) is 0 Å². The molecule has 0 radical (unpaired) electrons. The molecule has 1 saturated carbocycles. The molecule has 0 bridgehead atoms. The highest BCUT2D eigenvalue weighted by Gasteiger charge is 2.40. The first-order valence-electron chi connectivity index (χ1n) is 6.69. The van der Waals surface area contributed by atoms with E-state index in [4.69, 9.17) is 11.0 Å². The van der Waals surface area contributed by atoms with Crippen molar-refractivity contribution in [3.63, 3.8) is 0 Å². The van der Waals surface area contributed by atoms with Crippen molar-refractivity contribution in [3.05, 3.63) is 0 Å². The molecule has 19 heavy (non-hydrogen) atoms. The highest BCUT2D eigenvalue weighted by atomic mass is 19.4. The highest BCUT2D eigenvalue weighted by molar-refractivity contribution is 5.11. The molecule has 0 spiro atoms. The molecule has 2 atom stereocenters. The Morgan fingerprint density at radius 2 is 2.11 bits per heavy atom. The van der Waals surface area contributed by atoms with Crippen LogP contribution < -0.4 is 5.73 Å². The average Bonchev–Trinajstić information content (AvgIpc) is 2.65. The molecule has 0 heterocycles. The molecule has 0 saturated heterocycles.